The van der Waals surface area contributed by atoms with Gasteiger partial charge in [-0.25, -0.2) is 9.97 Å². The zero-order valence-electron chi connectivity index (χ0n) is 10.2. The first-order chi connectivity index (χ1) is 7.86. The van der Waals surface area contributed by atoms with E-state index in [-0.39, 0.29) is 0 Å². The maximum absolute atomic E-state index is 4.45. The van der Waals surface area contributed by atoms with E-state index in [1.54, 1.807) is 6.33 Å². The van der Waals surface area contributed by atoms with Crippen LogP contribution in [0.3, 0.4) is 0 Å². The molecule has 88 valence electrons. The molecule has 16 heavy (non-hydrogen) atoms. The highest BCUT2D eigenvalue weighted by Crippen LogP contribution is 2.26. The normalized spacial score (nSPS) is 15.5. The molecule has 0 bridgehead atoms. The van der Waals surface area contributed by atoms with Gasteiger partial charge in [0.25, 0.3) is 0 Å². The van der Waals surface area contributed by atoms with Crippen molar-refractivity contribution in [1.82, 2.24) is 9.97 Å². The van der Waals surface area contributed by atoms with Crippen LogP contribution in [0.25, 0.3) is 0 Å². The fourth-order valence-electron chi connectivity index (χ4n) is 2.25. The summed E-state index contributed by atoms with van der Waals surface area (Å²) >= 11 is 0. The Hall–Kier alpha value is -1.32. The van der Waals surface area contributed by atoms with Crippen LogP contribution < -0.4 is 10.2 Å². The summed E-state index contributed by atoms with van der Waals surface area (Å²) < 4.78 is 0. The van der Waals surface area contributed by atoms with Gasteiger partial charge < -0.3 is 10.2 Å². The Morgan fingerprint density at radius 2 is 2.00 bits per heavy atom. The van der Waals surface area contributed by atoms with E-state index >= 15 is 0 Å². The second kappa shape index (κ2) is 5.14. The number of nitrogens with zero attached hydrogens (tertiary/aromatic N) is 3. The van der Waals surface area contributed by atoms with Crippen molar-refractivity contribution in [3.63, 3.8) is 0 Å². The minimum Gasteiger partial charge on any atom is -0.370 e. The van der Waals surface area contributed by atoms with Crippen LogP contribution >= 0.6 is 0 Å². The van der Waals surface area contributed by atoms with Crippen LogP contribution in [0.15, 0.2) is 6.33 Å². The molecule has 1 aliphatic rings. The van der Waals surface area contributed by atoms with Gasteiger partial charge in [0.15, 0.2) is 0 Å². The van der Waals surface area contributed by atoms with Gasteiger partial charge in [-0.15, -0.1) is 0 Å². The maximum Gasteiger partial charge on any atom is 0.137 e. The average Bonchev–Trinajstić information content (AvgIpc) is 2.82. The molecule has 0 radical (unpaired) electrons. The van der Waals surface area contributed by atoms with E-state index in [2.05, 4.69) is 34.0 Å². The maximum atomic E-state index is 4.45. The van der Waals surface area contributed by atoms with Crippen LogP contribution in [0.5, 0.6) is 0 Å². The molecule has 0 unspecified atom stereocenters. The number of hydrogen-bond acceptors (Lipinski definition) is 4. The predicted octanol–water partition coefficient (Wildman–Crippen LogP) is 2.07. The molecule has 4 heteroatoms. The highest BCUT2D eigenvalue weighted by molar-refractivity contribution is 5.59. The largest absolute Gasteiger partial charge is 0.370 e. The van der Waals surface area contributed by atoms with Gasteiger partial charge in [0, 0.05) is 25.2 Å². The molecule has 1 aromatic rings. The van der Waals surface area contributed by atoms with E-state index < -0.39 is 0 Å². The summed E-state index contributed by atoms with van der Waals surface area (Å²) in [4.78, 5) is 11.1. The highest BCUT2D eigenvalue weighted by atomic mass is 15.2. The van der Waals surface area contributed by atoms with E-state index in [0.29, 0.717) is 0 Å². The summed E-state index contributed by atoms with van der Waals surface area (Å²) in [7, 11) is 0. The number of nitrogens with one attached hydrogen (secondary N) is 1. The summed E-state index contributed by atoms with van der Waals surface area (Å²) in [6.07, 6.45) is 5.22. The van der Waals surface area contributed by atoms with Crippen molar-refractivity contribution < 1.29 is 0 Å². The third-order valence-corrected chi connectivity index (χ3v) is 3.03. The number of hydrogen-bond donors (Lipinski definition) is 1. The second-order valence-corrected chi connectivity index (χ2v) is 4.10. The fraction of sp³-hybridized carbons (Fsp3) is 0.667. The van der Waals surface area contributed by atoms with E-state index in [4.69, 9.17) is 0 Å². The summed E-state index contributed by atoms with van der Waals surface area (Å²) in [5, 5.41) is 3.31. The second-order valence-electron chi connectivity index (χ2n) is 4.10. The van der Waals surface area contributed by atoms with Crippen molar-refractivity contribution in [3.8, 4) is 0 Å². The first-order valence-corrected chi connectivity index (χ1v) is 6.19. The molecular weight excluding hydrogens is 200 g/mol. The molecule has 2 heterocycles. The van der Waals surface area contributed by atoms with Crippen LogP contribution in [0.2, 0.25) is 0 Å². The number of anilines is 2. The molecule has 0 saturated carbocycles. The molecule has 0 aromatic carbocycles. The lowest BCUT2D eigenvalue weighted by Crippen LogP contribution is -2.21. The molecule has 4 nitrogen and oxygen atoms in total. The summed E-state index contributed by atoms with van der Waals surface area (Å²) in [6, 6.07) is 0. The van der Waals surface area contributed by atoms with Crippen LogP contribution in [0.1, 0.15) is 32.3 Å². The SMILES string of the molecule is CCNc1ncnc(N2CCCC2)c1CC. The van der Waals surface area contributed by atoms with Crippen molar-refractivity contribution in [2.45, 2.75) is 33.1 Å². The molecule has 1 aromatic heterocycles. The molecule has 1 N–H and O–H groups in total. The lowest BCUT2D eigenvalue weighted by molar-refractivity contribution is 0.898. The number of rotatable bonds is 4. The zero-order chi connectivity index (χ0) is 11.4. The fourth-order valence-corrected chi connectivity index (χ4v) is 2.25. The molecule has 0 amide bonds. The Morgan fingerprint density at radius 1 is 1.25 bits per heavy atom. The quantitative estimate of drug-likeness (QED) is 0.843. The van der Waals surface area contributed by atoms with Crippen LogP contribution in [-0.2, 0) is 6.42 Å². The Bertz CT molecular complexity index is 345. The van der Waals surface area contributed by atoms with Crippen LogP contribution in [0.4, 0.5) is 11.6 Å². The van der Waals surface area contributed by atoms with E-state index in [9.17, 15) is 0 Å². The topological polar surface area (TPSA) is 41.1 Å². The van der Waals surface area contributed by atoms with Gasteiger partial charge in [0.2, 0.25) is 0 Å². The van der Waals surface area contributed by atoms with Gasteiger partial charge in [-0.3, -0.25) is 0 Å². The van der Waals surface area contributed by atoms with Gasteiger partial charge in [-0.2, -0.15) is 0 Å². The molecular formula is C12H20N4. The lowest BCUT2D eigenvalue weighted by Gasteiger charge is -2.21. The zero-order valence-corrected chi connectivity index (χ0v) is 10.2. The van der Waals surface area contributed by atoms with E-state index in [1.165, 1.54) is 18.4 Å². The van der Waals surface area contributed by atoms with Crippen LogP contribution in [-0.4, -0.2) is 29.6 Å². The Balaban J connectivity index is 2.31. The van der Waals surface area contributed by atoms with Gasteiger partial charge in [-0.05, 0) is 26.2 Å². The molecule has 1 fully saturated rings. The average molecular weight is 220 g/mol. The first-order valence-electron chi connectivity index (χ1n) is 6.19. The van der Waals surface area contributed by atoms with Crippen molar-refractivity contribution in [3.05, 3.63) is 11.9 Å². The summed E-state index contributed by atoms with van der Waals surface area (Å²) in [6.45, 7) is 7.44. The molecule has 2 rings (SSSR count). The minimum absolute atomic E-state index is 0.906. The van der Waals surface area contributed by atoms with Crippen molar-refractivity contribution in [2.75, 3.05) is 29.9 Å². The van der Waals surface area contributed by atoms with Crippen molar-refractivity contribution in [2.24, 2.45) is 0 Å². The van der Waals surface area contributed by atoms with Gasteiger partial charge in [0.05, 0.1) is 0 Å². The summed E-state index contributed by atoms with van der Waals surface area (Å²) in [5.74, 6) is 2.13. The minimum atomic E-state index is 0.906. The molecule has 0 atom stereocenters. The van der Waals surface area contributed by atoms with Crippen molar-refractivity contribution >= 4 is 11.6 Å². The Labute approximate surface area is 97.1 Å². The van der Waals surface area contributed by atoms with Crippen molar-refractivity contribution in [1.29, 1.82) is 0 Å². The van der Waals surface area contributed by atoms with Gasteiger partial charge >= 0.3 is 0 Å². The van der Waals surface area contributed by atoms with E-state index in [0.717, 1.165) is 37.7 Å². The summed E-state index contributed by atoms with van der Waals surface area (Å²) in [5.41, 5.74) is 1.26. The van der Waals surface area contributed by atoms with E-state index in [1.807, 2.05) is 0 Å². The lowest BCUT2D eigenvalue weighted by atomic mass is 10.2. The predicted molar refractivity (Wildman–Crippen MR) is 67.0 cm³/mol. The standard InChI is InChI=1S/C12H20N4/c1-3-10-11(13-4-2)14-9-15-12(10)16-7-5-6-8-16/h9H,3-8H2,1-2H3,(H,13,14,15). The first kappa shape index (κ1) is 11.2. The Morgan fingerprint density at radius 3 is 2.62 bits per heavy atom. The molecule has 0 aliphatic carbocycles. The Kier molecular flexibility index (Phi) is 3.59. The smallest absolute Gasteiger partial charge is 0.137 e. The molecule has 1 saturated heterocycles. The molecule has 0 spiro atoms. The molecule has 1 aliphatic heterocycles. The monoisotopic (exact) mass is 220 g/mol. The number of aromatic nitrogens is 2. The van der Waals surface area contributed by atoms with Gasteiger partial charge in [0.1, 0.15) is 18.0 Å². The highest BCUT2D eigenvalue weighted by Gasteiger charge is 2.18. The van der Waals surface area contributed by atoms with Gasteiger partial charge in [-0.1, -0.05) is 6.92 Å². The van der Waals surface area contributed by atoms with Crippen LogP contribution in [0, 0.1) is 0 Å². The third kappa shape index (κ3) is 2.10. The third-order valence-electron chi connectivity index (χ3n) is 3.03.